The molecule has 0 aliphatic heterocycles. The smallest absolute Gasteiger partial charge is 0.160 e. The lowest BCUT2D eigenvalue weighted by Crippen LogP contribution is -2.23. The Hall–Kier alpha value is -1.22. The fourth-order valence-corrected chi connectivity index (χ4v) is 2.35. The maximum atomic E-state index is 5.35. The molecule has 1 aromatic rings. The molecule has 0 aromatic heterocycles. The van der Waals surface area contributed by atoms with Crippen molar-refractivity contribution in [3.8, 4) is 11.5 Å². The summed E-state index contributed by atoms with van der Waals surface area (Å²) in [6.45, 7) is 9.13. The Morgan fingerprint density at radius 2 is 1.67 bits per heavy atom. The maximum absolute atomic E-state index is 5.35. The molecule has 0 radical (unpaired) electrons. The van der Waals surface area contributed by atoms with Gasteiger partial charge in [-0.2, -0.15) is 0 Å². The number of nitrogens with zero attached hydrogens (tertiary/aromatic N) is 1. The molecule has 3 nitrogen and oxygen atoms in total. The predicted molar refractivity (Wildman–Crippen MR) is 89.4 cm³/mol. The summed E-state index contributed by atoms with van der Waals surface area (Å²) in [5.41, 5.74) is 1.72. The Kier molecular flexibility index (Phi) is 7.03. The fourth-order valence-electron chi connectivity index (χ4n) is 2.35. The van der Waals surface area contributed by atoms with Crippen molar-refractivity contribution in [2.45, 2.75) is 40.0 Å². The number of methoxy groups -OCH3 is 2. The zero-order chi connectivity index (χ0) is 15.9. The lowest BCUT2D eigenvalue weighted by atomic mass is 9.90. The van der Waals surface area contributed by atoms with Gasteiger partial charge < -0.3 is 14.4 Å². The summed E-state index contributed by atoms with van der Waals surface area (Å²) in [4.78, 5) is 2.41. The third-order valence-corrected chi connectivity index (χ3v) is 3.70. The summed E-state index contributed by atoms with van der Waals surface area (Å²) in [7, 11) is 5.55. The van der Waals surface area contributed by atoms with Crippen LogP contribution in [0.2, 0.25) is 0 Å². The standard InChI is InChI=1S/C18H31NO2/c1-18(2,3)11-7-12-19(4)13-10-15-8-9-16(20-5)17(14-15)21-6/h8-9,14H,7,10-13H2,1-6H3. The molecule has 0 bridgehead atoms. The van der Waals surface area contributed by atoms with Crippen LogP contribution >= 0.6 is 0 Å². The minimum atomic E-state index is 0.435. The summed E-state index contributed by atoms with van der Waals surface area (Å²) >= 11 is 0. The molecule has 0 atom stereocenters. The van der Waals surface area contributed by atoms with E-state index in [4.69, 9.17) is 9.47 Å². The van der Waals surface area contributed by atoms with Crippen molar-refractivity contribution < 1.29 is 9.47 Å². The molecule has 0 N–H and O–H groups in total. The fraction of sp³-hybridized carbons (Fsp3) is 0.667. The zero-order valence-corrected chi connectivity index (χ0v) is 14.5. The minimum absolute atomic E-state index is 0.435. The van der Waals surface area contributed by atoms with E-state index < -0.39 is 0 Å². The van der Waals surface area contributed by atoms with Crippen molar-refractivity contribution >= 4 is 0 Å². The van der Waals surface area contributed by atoms with Crippen molar-refractivity contribution in [2.75, 3.05) is 34.4 Å². The van der Waals surface area contributed by atoms with Gasteiger partial charge in [-0.3, -0.25) is 0 Å². The van der Waals surface area contributed by atoms with Crippen molar-refractivity contribution in [3.05, 3.63) is 23.8 Å². The number of ether oxygens (including phenoxy) is 2. The molecule has 21 heavy (non-hydrogen) atoms. The van der Waals surface area contributed by atoms with Crippen LogP contribution in [-0.4, -0.2) is 39.3 Å². The average molecular weight is 293 g/mol. The van der Waals surface area contributed by atoms with Crippen LogP contribution in [0, 0.1) is 5.41 Å². The largest absolute Gasteiger partial charge is 0.493 e. The first-order valence-corrected chi connectivity index (χ1v) is 7.75. The summed E-state index contributed by atoms with van der Waals surface area (Å²) in [5.74, 6) is 1.60. The van der Waals surface area contributed by atoms with Gasteiger partial charge in [0.15, 0.2) is 11.5 Å². The van der Waals surface area contributed by atoms with E-state index in [9.17, 15) is 0 Å². The molecule has 0 saturated heterocycles. The number of hydrogen-bond donors (Lipinski definition) is 0. The third kappa shape index (κ3) is 6.85. The quantitative estimate of drug-likeness (QED) is 0.723. The number of likely N-dealkylation sites (N-methyl/N-ethyl adjacent to an activating group) is 1. The van der Waals surface area contributed by atoms with Crippen molar-refractivity contribution in [1.29, 1.82) is 0 Å². The molecule has 0 spiro atoms. The lowest BCUT2D eigenvalue weighted by molar-refractivity contribution is 0.289. The van der Waals surface area contributed by atoms with Crippen molar-refractivity contribution in [3.63, 3.8) is 0 Å². The van der Waals surface area contributed by atoms with E-state index in [1.807, 2.05) is 6.07 Å². The van der Waals surface area contributed by atoms with Gasteiger partial charge in [-0.15, -0.1) is 0 Å². The molecule has 0 aliphatic rings. The first-order chi connectivity index (χ1) is 9.85. The highest BCUT2D eigenvalue weighted by atomic mass is 16.5. The second kappa shape index (κ2) is 8.28. The Balaban J connectivity index is 2.40. The Morgan fingerprint density at radius 1 is 1.00 bits per heavy atom. The molecule has 120 valence electrons. The van der Waals surface area contributed by atoms with Gasteiger partial charge in [-0.1, -0.05) is 26.8 Å². The first kappa shape index (κ1) is 17.8. The van der Waals surface area contributed by atoms with Crippen LogP contribution in [0.25, 0.3) is 0 Å². The van der Waals surface area contributed by atoms with Crippen LogP contribution in [-0.2, 0) is 6.42 Å². The molecular weight excluding hydrogens is 262 g/mol. The highest BCUT2D eigenvalue weighted by Crippen LogP contribution is 2.27. The van der Waals surface area contributed by atoms with Crippen LogP contribution in [0.5, 0.6) is 11.5 Å². The molecule has 0 saturated carbocycles. The second-order valence-electron chi connectivity index (χ2n) is 6.91. The molecule has 0 aliphatic carbocycles. The van der Waals surface area contributed by atoms with Crippen molar-refractivity contribution in [2.24, 2.45) is 5.41 Å². The van der Waals surface area contributed by atoms with Gasteiger partial charge in [0, 0.05) is 6.54 Å². The Bertz CT molecular complexity index is 424. The van der Waals surface area contributed by atoms with Crippen LogP contribution in [0.3, 0.4) is 0 Å². The zero-order valence-electron chi connectivity index (χ0n) is 14.5. The Labute approximate surface area is 130 Å². The van der Waals surface area contributed by atoms with Gasteiger partial charge in [0.1, 0.15) is 0 Å². The van der Waals surface area contributed by atoms with Gasteiger partial charge >= 0.3 is 0 Å². The molecule has 0 unspecified atom stereocenters. The maximum Gasteiger partial charge on any atom is 0.160 e. The SMILES string of the molecule is COc1ccc(CCN(C)CCCC(C)(C)C)cc1OC. The number of benzene rings is 1. The summed E-state index contributed by atoms with van der Waals surface area (Å²) in [6, 6.07) is 6.17. The van der Waals surface area contributed by atoms with Gasteiger partial charge in [-0.05, 0) is 56.0 Å². The highest BCUT2D eigenvalue weighted by Gasteiger charge is 2.10. The van der Waals surface area contributed by atoms with E-state index >= 15 is 0 Å². The van der Waals surface area contributed by atoms with Gasteiger partial charge in [0.2, 0.25) is 0 Å². The van der Waals surface area contributed by atoms with Crippen LogP contribution in [0.15, 0.2) is 18.2 Å². The molecule has 0 heterocycles. The summed E-state index contributed by atoms with van der Waals surface area (Å²) in [5, 5.41) is 0. The van der Waals surface area contributed by atoms with Crippen LogP contribution in [0.4, 0.5) is 0 Å². The number of rotatable bonds is 8. The van der Waals surface area contributed by atoms with Crippen LogP contribution in [0.1, 0.15) is 39.2 Å². The highest BCUT2D eigenvalue weighted by molar-refractivity contribution is 5.42. The van der Waals surface area contributed by atoms with Gasteiger partial charge in [-0.25, -0.2) is 0 Å². The molecule has 0 amide bonds. The summed E-state index contributed by atoms with van der Waals surface area (Å²) in [6.07, 6.45) is 3.56. The number of hydrogen-bond acceptors (Lipinski definition) is 3. The van der Waals surface area contributed by atoms with E-state index in [0.717, 1.165) is 31.0 Å². The lowest BCUT2D eigenvalue weighted by Gasteiger charge is -2.21. The third-order valence-electron chi connectivity index (χ3n) is 3.70. The molecule has 1 rings (SSSR count). The van der Waals surface area contributed by atoms with E-state index in [0.29, 0.717) is 5.41 Å². The van der Waals surface area contributed by atoms with E-state index in [1.165, 1.54) is 18.4 Å². The first-order valence-electron chi connectivity index (χ1n) is 7.75. The summed E-state index contributed by atoms with van der Waals surface area (Å²) < 4.78 is 10.6. The molecular formula is C18H31NO2. The molecule has 3 heteroatoms. The van der Waals surface area contributed by atoms with E-state index in [-0.39, 0.29) is 0 Å². The average Bonchev–Trinajstić information content (AvgIpc) is 2.43. The monoisotopic (exact) mass is 293 g/mol. The topological polar surface area (TPSA) is 21.7 Å². The minimum Gasteiger partial charge on any atom is -0.493 e. The van der Waals surface area contributed by atoms with E-state index in [2.05, 4.69) is 44.9 Å². The molecule has 0 fully saturated rings. The Morgan fingerprint density at radius 3 is 2.24 bits per heavy atom. The van der Waals surface area contributed by atoms with Gasteiger partial charge in [0.25, 0.3) is 0 Å². The van der Waals surface area contributed by atoms with Crippen molar-refractivity contribution in [1.82, 2.24) is 4.90 Å². The molecule has 1 aromatic carbocycles. The van der Waals surface area contributed by atoms with Gasteiger partial charge in [0.05, 0.1) is 14.2 Å². The van der Waals surface area contributed by atoms with E-state index in [1.54, 1.807) is 14.2 Å². The predicted octanol–water partition coefficient (Wildman–Crippen LogP) is 4.00. The van der Waals surface area contributed by atoms with Crippen LogP contribution < -0.4 is 9.47 Å². The second-order valence-corrected chi connectivity index (χ2v) is 6.91. The normalized spacial score (nSPS) is 11.8.